The SMILES string of the molecule is Cc1cccc(C(C#N)C(=O)C2C3CCCC32)c1. The Balaban J connectivity index is 1.81. The lowest BCUT2D eigenvalue weighted by molar-refractivity contribution is -0.121. The van der Waals surface area contributed by atoms with Crippen molar-refractivity contribution in [2.75, 3.05) is 0 Å². The van der Waals surface area contributed by atoms with Gasteiger partial charge in [-0.05, 0) is 37.2 Å². The van der Waals surface area contributed by atoms with E-state index in [1.807, 2.05) is 31.2 Å². The summed E-state index contributed by atoms with van der Waals surface area (Å²) in [6.45, 7) is 1.99. The Kier molecular flexibility index (Phi) is 2.70. The number of Topliss-reactive ketones (excluding diaryl/α,β-unsaturated/α-hetero) is 1. The minimum absolute atomic E-state index is 0.165. The van der Waals surface area contributed by atoms with E-state index in [0.29, 0.717) is 11.8 Å². The first-order valence-electron chi connectivity index (χ1n) is 6.72. The fraction of sp³-hybridized carbons (Fsp3) is 0.500. The third kappa shape index (κ3) is 1.75. The summed E-state index contributed by atoms with van der Waals surface area (Å²) in [5, 5.41) is 9.31. The Labute approximate surface area is 108 Å². The maximum atomic E-state index is 12.4. The molecule has 2 fully saturated rings. The lowest BCUT2D eigenvalue weighted by atomic mass is 9.90. The molecule has 0 saturated heterocycles. The predicted molar refractivity (Wildman–Crippen MR) is 68.9 cm³/mol. The fourth-order valence-electron chi connectivity index (χ4n) is 3.59. The first-order chi connectivity index (χ1) is 8.72. The smallest absolute Gasteiger partial charge is 0.158 e. The fourth-order valence-corrected chi connectivity index (χ4v) is 3.59. The highest BCUT2D eigenvalue weighted by Gasteiger charge is 2.57. The van der Waals surface area contributed by atoms with Crippen LogP contribution in [0.5, 0.6) is 0 Å². The van der Waals surface area contributed by atoms with Gasteiger partial charge in [0.2, 0.25) is 0 Å². The number of aryl methyl sites for hydroxylation is 1. The van der Waals surface area contributed by atoms with E-state index in [2.05, 4.69) is 6.07 Å². The number of rotatable bonds is 3. The zero-order valence-electron chi connectivity index (χ0n) is 10.6. The van der Waals surface area contributed by atoms with Gasteiger partial charge in [-0.1, -0.05) is 36.2 Å². The molecule has 3 rings (SSSR count). The summed E-state index contributed by atoms with van der Waals surface area (Å²) in [5.41, 5.74) is 1.98. The average molecular weight is 239 g/mol. The molecule has 1 aromatic carbocycles. The highest BCUT2D eigenvalue weighted by atomic mass is 16.1. The normalized spacial score (nSPS) is 30.3. The van der Waals surface area contributed by atoms with Gasteiger partial charge in [0, 0.05) is 5.92 Å². The number of benzene rings is 1. The summed E-state index contributed by atoms with van der Waals surface area (Å²) in [6, 6.07) is 9.99. The van der Waals surface area contributed by atoms with Crippen LogP contribution in [-0.4, -0.2) is 5.78 Å². The van der Waals surface area contributed by atoms with E-state index < -0.39 is 5.92 Å². The van der Waals surface area contributed by atoms with Crippen LogP contribution in [-0.2, 0) is 4.79 Å². The summed E-state index contributed by atoms with van der Waals surface area (Å²) in [4.78, 5) is 12.4. The maximum Gasteiger partial charge on any atom is 0.158 e. The maximum absolute atomic E-state index is 12.4. The molecule has 0 heterocycles. The summed E-state index contributed by atoms with van der Waals surface area (Å²) in [6.07, 6.45) is 3.64. The van der Waals surface area contributed by atoms with Crippen molar-refractivity contribution in [3.63, 3.8) is 0 Å². The van der Waals surface area contributed by atoms with Crippen molar-refractivity contribution < 1.29 is 4.79 Å². The van der Waals surface area contributed by atoms with Gasteiger partial charge in [0.05, 0.1) is 6.07 Å². The van der Waals surface area contributed by atoms with Crippen molar-refractivity contribution in [2.45, 2.75) is 32.1 Å². The minimum atomic E-state index is -0.555. The lowest BCUT2D eigenvalue weighted by Gasteiger charge is -2.10. The van der Waals surface area contributed by atoms with E-state index in [0.717, 1.165) is 11.1 Å². The molecule has 18 heavy (non-hydrogen) atoms. The molecule has 3 atom stereocenters. The molecule has 92 valence electrons. The third-order valence-electron chi connectivity index (χ3n) is 4.52. The van der Waals surface area contributed by atoms with Crippen LogP contribution in [0.4, 0.5) is 0 Å². The van der Waals surface area contributed by atoms with Crippen molar-refractivity contribution in [3.8, 4) is 6.07 Å². The topological polar surface area (TPSA) is 40.9 Å². The Bertz CT molecular complexity index is 518. The third-order valence-corrected chi connectivity index (χ3v) is 4.52. The first-order valence-corrected chi connectivity index (χ1v) is 6.72. The molecule has 0 N–H and O–H groups in total. The van der Waals surface area contributed by atoms with E-state index in [-0.39, 0.29) is 11.7 Å². The molecular formula is C16H17NO. The number of fused-ring (bicyclic) bond motifs is 1. The summed E-state index contributed by atoms with van der Waals surface area (Å²) >= 11 is 0. The van der Waals surface area contributed by atoms with Crippen molar-refractivity contribution in [2.24, 2.45) is 17.8 Å². The molecular weight excluding hydrogens is 222 g/mol. The van der Waals surface area contributed by atoms with Gasteiger partial charge in [-0.2, -0.15) is 5.26 Å². The van der Waals surface area contributed by atoms with E-state index in [1.54, 1.807) is 0 Å². The van der Waals surface area contributed by atoms with Gasteiger partial charge in [0.25, 0.3) is 0 Å². The van der Waals surface area contributed by atoms with Crippen molar-refractivity contribution in [1.82, 2.24) is 0 Å². The lowest BCUT2D eigenvalue weighted by Crippen LogP contribution is -2.15. The number of hydrogen-bond acceptors (Lipinski definition) is 2. The second-order valence-electron chi connectivity index (χ2n) is 5.66. The zero-order chi connectivity index (χ0) is 12.7. The second kappa shape index (κ2) is 4.24. The second-order valence-corrected chi connectivity index (χ2v) is 5.66. The van der Waals surface area contributed by atoms with Crippen LogP contribution in [0.3, 0.4) is 0 Å². The van der Waals surface area contributed by atoms with Crippen LogP contribution >= 0.6 is 0 Å². The van der Waals surface area contributed by atoms with Gasteiger partial charge < -0.3 is 0 Å². The van der Waals surface area contributed by atoms with Crippen molar-refractivity contribution in [1.29, 1.82) is 5.26 Å². The molecule has 3 unspecified atom stereocenters. The van der Waals surface area contributed by atoms with Crippen molar-refractivity contribution >= 4 is 5.78 Å². The molecule has 0 bridgehead atoms. The van der Waals surface area contributed by atoms with Crippen LogP contribution in [0.25, 0.3) is 0 Å². The van der Waals surface area contributed by atoms with Crippen LogP contribution in [0.2, 0.25) is 0 Å². The molecule has 1 aromatic rings. The van der Waals surface area contributed by atoms with Crippen molar-refractivity contribution in [3.05, 3.63) is 35.4 Å². The molecule has 0 aromatic heterocycles. The van der Waals surface area contributed by atoms with Gasteiger partial charge in [0.1, 0.15) is 5.92 Å². The van der Waals surface area contributed by atoms with Crippen LogP contribution in [0.1, 0.15) is 36.3 Å². The van der Waals surface area contributed by atoms with Gasteiger partial charge >= 0.3 is 0 Å². The molecule has 2 heteroatoms. The van der Waals surface area contributed by atoms with Gasteiger partial charge in [0.15, 0.2) is 5.78 Å². The molecule has 0 radical (unpaired) electrons. The number of carbonyl (C=O) groups is 1. The monoisotopic (exact) mass is 239 g/mol. The summed E-state index contributed by atoms with van der Waals surface area (Å²) in [7, 11) is 0. The number of nitriles is 1. The zero-order valence-corrected chi connectivity index (χ0v) is 10.6. The molecule has 2 aliphatic carbocycles. The van der Waals surface area contributed by atoms with Crippen LogP contribution in [0.15, 0.2) is 24.3 Å². The average Bonchev–Trinajstić information content (AvgIpc) is 2.84. The molecule has 2 saturated carbocycles. The first kappa shape index (κ1) is 11.5. The highest BCUT2D eigenvalue weighted by Crippen LogP contribution is 2.59. The van der Waals surface area contributed by atoms with Crippen LogP contribution in [0, 0.1) is 36.0 Å². The number of hydrogen-bond donors (Lipinski definition) is 0. The molecule has 0 amide bonds. The largest absolute Gasteiger partial charge is 0.298 e. The summed E-state index contributed by atoms with van der Waals surface area (Å²) < 4.78 is 0. The number of ketones is 1. The summed E-state index contributed by atoms with van der Waals surface area (Å²) in [5.74, 6) is 0.985. The quantitative estimate of drug-likeness (QED) is 0.812. The molecule has 2 aliphatic rings. The molecule has 0 spiro atoms. The van der Waals surface area contributed by atoms with E-state index >= 15 is 0 Å². The minimum Gasteiger partial charge on any atom is -0.298 e. The van der Waals surface area contributed by atoms with E-state index in [1.165, 1.54) is 19.3 Å². The molecule has 0 aliphatic heterocycles. The molecule has 2 nitrogen and oxygen atoms in total. The Morgan fingerprint density at radius 1 is 1.39 bits per heavy atom. The predicted octanol–water partition coefficient (Wildman–Crippen LogP) is 3.22. The Morgan fingerprint density at radius 3 is 2.72 bits per heavy atom. The Morgan fingerprint density at radius 2 is 2.11 bits per heavy atom. The van der Waals surface area contributed by atoms with E-state index in [9.17, 15) is 10.1 Å². The van der Waals surface area contributed by atoms with Gasteiger partial charge in [-0.15, -0.1) is 0 Å². The number of carbonyl (C=O) groups excluding carboxylic acids is 1. The van der Waals surface area contributed by atoms with Gasteiger partial charge in [-0.3, -0.25) is 4.79 Å². The highest BCUT2D eigenvalue weighted by molar-refractivity contribution is 5.93. The van der Waals surface area contributed by atoms with E-state index in [4.69, 9.17) is 0 Å². The Hall–Kier alpha value is -1.62. The van der Waals surface area contributed by atoms with Crippen LogP contribution < -0.4 is 0 Å². The van der Waals surface area contributed by atoms with Gasteiger partial charge in [-0.25, -0.2) is 0 Å². The standard InChI is InChI=1S/C16H17NO/c1-10-4-2-5-11(8-10)14(9-17)16(18)15-12-6-3-7-13(12)15/h2,4-5,8,12-15H,3,6-7H2,1H3. The number of nitrogens with zero attached hydrogens (tertiary/aromatic N) is 1.